The third kappa shape index (κ3) is 3.73. The van der Waals surface area contributed by atoms with Gasteiger partial charge in [-0.3, -0.25) is 4.79 Å². The summed E-state index contributed by atoms with van der Waals surface area (Å²) < 4.78 is 34.3. The SMILES string of the molecule is CC1(C(=O)O)CCCN1C(=O)C1C(CNC(=O)OCC2c3ccccc3-c3ccccc32)C1(F)F. The van der Waals surface area contributed by atoms with Gasteiger partial charge in [0.2, 0.25) is 5.91 Å². The van der Waals surface area contributed by atoms with Crippen molar-refractivity contribution < 1.29 is 33.0 Å². The molecule has 5 rings (SSSR count). The number of alkyl halides is 2. The molecular formula is C26H26F2N2O5. The molecule has 184 valence electrons. The lowest BCUT2D eigenvalue weighted by atomic mass is 9.98. The number of carbonyl (C=O) groups is 3. The molecule has 2 N–H and O–H groups in total. The summed E-state index contributed by atoms with van der Waals surface area (Å²) in [5.74, 6) is -8.59. The van der Waals surface area contributed by atoms with Crippen molar-refractivity contribution in [2.24, 2.45) is 11.8 Å². The Kier molecular flexibility index (Phi) is 5.53. The van der Waals surface area contributed by atoms with Crippen molar-refractivity contribution in [3.8, 4) is 11.1 Å². The molecule has 7 nitrogen and oxygen atoms in total. The molecule has 0 spiro atoms. The molecule has 35 heavy (non-hydrogen) atoms. The smallest absolute Gasteiger partial charge is 0.407 e. The zero-order chi connectivity index (χ0) is 25.0. The molecule has 2 fully saturated rings. The van der Waals surface area contributed by atoms with Gasteiger partial charge < -0.3 is 20.1 Å². The van der Waals surface area contributed by atoms with Gasteiger partial charge in [-0.2, -0.15) is 0 Å². The number of amides is 2. The van der Waals surface area contributed by atoms with Crippen LogP contribution in [0.5, 0.6) is 0 Å². The van der Waals surface area contributed by atoms with E-state index in [1.54, 1.807) is 0 Å². The zero-order valence-corrected chi connectivity index (χ0v) is 19.2. The van der Waals surface area contributed by atoms with Crippen LogP contribution in [0.3, 0.4) is 0 Å². The van der Waals surface area contributed by atoms with Crippen LogP contribution in [-0.2, 0) is 14.3 Å². The predicted octanol–water partition coefficient (Wildman–Crippen LogP) is 3.87. The minimum absolute atomic E-state index is 0.0496. The first-order valence-corrected chi connectivity index (χ1v) is 11.7. The summed E-state index contributed by atoms with van der Waals surface area (Å²) in [6, 6.07) is 15.7. The molecule has 3 aliphatic rings. The molecule has 3 unspecified atom stereocenters. The monoisotopic (exact) mass is 484 g/mol. The molecule has 2 amide bonds. The first kappa shape index (κ1) is 23.3. The van der Waals surface area contributed by atoms with Crippen LogP contribution >= 0.6 is 0 Å². The number of hydrogen-bond donors (Lipinski definition) is 2. The van der Waals surface area contributed by atoms with Gasteiger partial charge in [-0.05, 0) is 42.0 Å². The molecule has 1 saturated heterocycles. The van der Waals surface area contributed by atoms with Crippen molar-refractivity contribution in [1.29, 1.82) is 0 Å². The van der Waals surface area contributed by atoms with E-state index in [1.807, 2.05) is 48.5 Å². The fourth-order valence-corrected chi connectivity index (χ4v) is 5.53. The number of nitrogens with one attached hydrogen (secondary N) is 1. The maximum absolute atomic E-state index is 14.4. The van der Waals surface area contributed by atoms with E-state index in [2.05, 4.69) is 5.32 Å². The number of hydrogen-bond acceptors (Lipinski definition) is 4. The Morgan fingerprint density at radius 3 is 2.29 bits per heavy atom. The van der Waals surface area contributed by atoms with E-state index in [0.717, 1.165) is 27.2 Å². The van der Waals surface area contributed by atoms with Crippen molar-refractivity contribution >= 4 is 18.0 Å². The van der Waals surface area contributed by atoms with Crippen molar-refractivity contribution in [1.82, 2.24) is 10.2 Å². The Morgan fingerprint density at radius 1 is 1.09 bits per heavy atom. The summed E-state index contributed by atoms with van der Waals surface area (Å²) in [7, 11) is 0. The number of carboxylic acids is 1. The van der Waals surface area contributed by atoms with Crippen molar-refractivity contribution in [3.05, 3.63) is 59.7 Å². The Balaban J connectivity index is 1.19. The molecule has 3 atom stereocenters. The van der Waals surface area contributed by atoms with Crippen LogP contribution in [0.25, 0.3) is 11.1 Å². The van der Waals surface area contributed by atoms with Crippen molar-refractivity contribution in [2.75, 3.05) is 19.7 Å². The molecule has 2 aromatic carbocycles. The molecule has 2 aromatic rings. The molecule has 2 aliphatic carbocycles. The lowest BCUT2D eigenvalue weighted by Crippen LogP contribution is -2.51. The normalized spacial score (nSPS) is 26.1. The number of alkyl carbamates (subject to hydrolysis) is 1. The van der Waals surface area contributed by atoms with Gasteiger partial charge in [0, 0.05) is 19.0 Å². The predicted molar refractivity (Wildman–Crippen MR) is 122 cm³/mol. The number of ether oxygens (including phenoxy) is 1. The van der Waals surface area contributed by atoms with Crippen LogP contribution in [0.2, 0.25) is 0 Å². The average Bonchev–Trinajstić information content (AvgIpc) is 3.11. The minimum Gasteiger partial charge on any atom is -0.480 e. The first-order chi connectivity index (χ1) is 16.7. The van der Waals surface area contributed by atoms with E-state index < -0.39 is 47.8 Å². The van der Waals surface area contributed by atoms with Crippen LogP contribution in [0.4, 0.5) is 13.6 Å². The van der Waals surface area contributed by atoms with Crippen LogP contribution in [0.1, 0.15) is 36.8 Å². The largest absolute Gasteiger partial charge is 0.480 e. The Morgan fingerprint density at radius 2 is 1.69 bits per heavy atom. The van der Waals surface area contributed by atoms with Gasteiger partial charge in [-0.25, -0.2) is 18.4 Å². The van der Waals surface area contributed by atoms with Crippen LogP contribution in [0.15, 0.2) is 48.5 Å². The number of halogens is 2. The number of carbonyl (C=O) groups excluding carboxylic acids is 2. The average molecular weight is 484 g/mol. The Bertz CT molecular complexity index is 1160. The second-order valence-electron chi connectivity index (χ2n) is 9.64. The zero-order valence-electron chi connectivity index (χ0n) is 19.2. The number of aliphatic carboxylic acids is 1. The van der Waals surface area contributed by atoms with E-state index in [0.29, 0.717) is 6.42 Å². The second-order valence-corrected chi connectivity index (χ2v) is 9.64. The van der Waals surface area contributed by atoms with E-state index in [9.17, 15) is 28.3 Å². The lowest BCUT2D eigenvalue weighted by Gasteiger charge is -2.31. The van der Waals surface area contributed by atoms with Crippen LogP contribution in [-0.4, -0.2) is 59.1 Å². The third-order valence-corrected chi connectivity index (χ3v) is 7.65. The molecule has 0 aromatic heterocycles. The van der Waals surface area contributed by atoms with Gasteiger partial charge in [0.05, 0.1) is 5.92 Å². The number of likely N-dealkylation sites (tertiary alicyclic amines) is 1. The molecule has 0 bridgehead atoms. The Hall–Kier alpha value is -3.49. The standard InChI is InChI=1S/C26H26F2N2O5/c1-25(23(32)33)11-6-12-30(25)22(31)21-20(26(21,27)28)13-29-24(34)35-14-19-17-9-4-2-7-15(17)16-8-3-5-10-18(16)19/h2-5,7-10,19-21H,6,11-14H2,1H3,(H,29,34)(H,32,33). The van der Waals surface area contributed by atoms with E-state index in [4.69, 9.17) is 4.74 Å². The number of fused-ring (bicyclic) bond motifs is 3. The van der Waals surface area contributed by atoms with Crippen molar-refractivity contribution in [2.45, 2.75) is 37.1 Å². The highest BCUT2D eigenvalue weighted by Gasteiger charge is 2.73. The third-order valence-electron chi connectivity index (χ3n) is 7.65. The van der Waals surface area contributed by atoms with Gasteiger partial charge >= 0.3 is 12.1 Å². The highest BCUT2D eigenvalue weighted by atomic mass is 19.3. The summed E-state index contributed by atoms with van der Waals surface area (Å²) in [6.07, 6.45) is -0.179. The lowest BCUT2D eigenvalue weighted by molar-refractivity contribution is -0.156. The fourth-order valence-electron chi connectivity index (χ4n) is 5.53. The molecule has 1 saturated carbocycles. The minimum atomic E-state index is -3.31. The summed E-state index contributed by atoms with van der Waals surface area (Å²) in [6.45, 7) is 1.12. The maximum Gasteiger partial charge on any atom is 0.407 e. The van der Waals surface area contributed by atoms with Crippen LogP contribution in [0, 0.1) is 11.8 Å². The molecule has 1 heterocycles. The van der Waals surface area contributed by atoms with Gasteiger partial charge in [0.25, 0.3) is 5.92 Å². The summed E-state index contributed by atoms with van der Waals surface area (Å²) in [5.41, 5.74) is 2.74. The summed E-state index contributed by atoms with van der Waals surface area (Å²) in [4.78, 5) is 37.8. The van der Waals surface area contributed by atoms with Gasteiger partial charge in [-0.15, -0.1) is 0 Å². The van der Waals surface area contributed by atoms with Gasteiger partial charge in [0.1, 0.15) is 18.1 Å². The Labute approximate surface area is 201 Å². The maximum atomic E-state index is 14.4. The fraction of sp³-hybridized carbons (Fsp3) is 0.423. The van der Waals surface area contributed by atoms with E-state index in [1.165, 1.54) is 6.92 Å². The number of rotatable bonds is 6. The molecule has 1 aliphatic heterocycles. The first-order valence-electron chi connectivity index (χ1n) is 11.7. The van der Waals surface area contributed by atoms with Crippen molar-refractivity contribution in [3.63, 3.8) is 0 Å². The molecular weight excluding hydrogens is 458 g/mol. The second kappa shape index (κ2) is 8.32. The molecule has 0 radical (unpaired) electrons. The quantitative estimate of drug-likeness (QED) is 0.649. The topological polar surface area (TPSA) is 95.9 Å². The number of nitrogens with zero attached hydrogens (tertiary/aromatic N) is 1. The van der Waals surface area contributed by atoms with Crippen LogP contribution < -0.4 is 5.32 Å². The van der Waals surface area contributed by atoms with E-state index >= 15 is 0 Å². The number of benzene rings is 2. The molecule has 9 heteroatoms. The van der Waals surface area contributed by atoms with Gasteiger partial charge in [0.15, 0.2) is 0 Å². The highest BCUT2D eigenvalue weighted by molar-refractivity contribution is 5.91. The van der Waals surface area contributed by atoms with Gasteiger partial charge in [-0.1, -0.05) is 48.5 Å². The highest BCUT2D eigenvalue weighted by Crippen LogP contribution is 2.56. The summed E-state index contributed by atoms with van der Waals surface area (Å²) in [5, 5.41) is 11.8. The van der Waals surface area contributed by atoms with E-state index in [-0.39, 0.29) is 25.5 Å². The number of carboxylic acid groups (broad SMARTS) is 1. The summed E-state index contributed by atoms with van der Waals surface area (Å²) >= 11 is 0.